The number of aliphatic hydroxyl groups excluding tert-OH is 2. The number of methoxy groups -OCH3 is 1. The van der Waals surface area contributed by atoms with Gasteiger partial charge in [-0.25, -0.2) is 4.79 Å². The van der Waals surface area contributed by atoms with Crippen LogP contribution >= 0.6 is 0 Å². The Labute approximate surface area is 223 Å². The Balaban J connectivity index is 1.98. The quantitative estimate of drug-likeness (QED) is 0.193. The lowest BCUT2D eigenvalue weighted by molar-refractivity contribution is -0.148. The molecule has 0 bridgehead atoms. The van der Waals surface area contributed by atoms with E-state index in [0.29, 0.717) is 11.3 Å². The minimum Gasteiger partial charge on any atom is -0.510 e. The summed E-state index contributed by atoms with van der Waals surface area (Å²) >= 11 is 0. The lowest BCUT2D eigenvalue weighted by Gasteiger charge is -2.50. The van der Waals surface area contributed by atoms with Crippen molar-refractivity contribution in [3.8, 4) is 17.6 Å². The van der Waals surface area contributed by atoms with Gasteiger partial charge in [-0.3, -0.25) is 19.3 Å². The molecule has 12 heteroatoms. The second kappa shape index (κ2) is 9.44. The standard InChI is InChI=1S/C27H29N3O9/c1-29(2)15-10-11(6-7-16(31)39-5)21(32)18-13(15)8-12-9-14-20(30(3)4)23(34)19(26(28)37)25(36)27(14,38)24(35)17(12)22(18)33/h10,12,14,20,32,34-35,38H,8-9H2,1-5H3,(H2,28,37)/t12-,14-,20-,27-/m1/s1. The molecule has 0 spiro atoms. The molecule has 1 aromatic carbocycles. The SMILES string of the molecule is COC(=O)C#Cc1cc(N(C)C)c2c(c1O)C(=O)C1=C(O)[C@@]3(O)C(=O)C(C(N)=O)=C(O)[C@H](N(C)C)[C@H]3C[C@H]1C2. The van der Waals surface area contributed by atoms with Crippen molar-refractivity contribution in [2.45, 2.75) is 24.5 Å². The molecular weight excluding hydrogens is 510 g/mol. The Morgan fingerprint density at radius 2 is 1.79 bits per heavy atom. The maximum Gasteiger partial charge on any atom is 0.384 e. The van der Waals surface area contributed by atoms with E-state index in [9.17, 15) is 39.6 Å². The number of phenolic OH excluding ortho intramolecular Hbond substituents is 1. The molecule has 0 saturated heterocycles. The molecule has 12 nitrogen and oxygen atoms in total. The fourth-order valence-electron chi connectivity index (χ4n) is 5.96. The molecule has 1 amide bonds. The van der Waals surface area contributed by atoms with Crippen molar-refractivity contribution in [2.24, 2.45) is 17.6 Å². The smallest absolute Gasteiger partial charge is 0.384 e. The lowest BCUT2D eigenvalue weighted by atomic mass is 9.58. The number of ketones is 2. The molecule has 39 heavy (non-hydrogen) atoms. The molecular formula is C27H29N3O9. The maximum absolute atomic E-state index is 13.9. The van der Waals surface area contributed by atoms with E-state index in [-0.39, 0.29) is 29.5 Å². The first kappa shape index (κ1) is 27.7. The minimum absolute atomic E-state index is 0.0245. The van der Waals surface area contributed by atoms with Crippen LogP contribution in [0.5, 0.6) is 5.75 Å². The van der Waals surface area contributed by atoms with Crippen LogP contribution in [0.3, 0.4) is 0 Å². The van der Waals surface area contributed by atoms with Gasteiger partial charge < -0.3 is 35.8 Å². The van der Waals surface area contributed by atoms with Crippen molar-refractivity contribution in [2.75, 3.05) is 40.2 Å². The van der Waals surface area contributed by atoms with E-state index in [0.717, 1.165) is 7.11 Å². The van der Waals surface area contributed by atoms with Crippen LogP contribution in [0, 0.1) is 23.7 Å². The fourth-order valence-corrected chi connectivity index (χ4v) is 5.96. The molecule has 0 aliphatic heterocycles. The van der Waals surface area contributed by atoms with Gasteiger partial charge in [0.2, 0.25) is 5.78 Å². The number of primary amides is 1. The number of rotatable bonds is 3. The number of amides is 1. The van der Waals surface area contributed by atoms with Gasteiger partial charge in [-0.15, -0.1) is 0 Å². The van der Waals surface area contributed by atoms with E-state index in [1.54, 1.807) is 33.1 Å². The van der Waals surface area contributed by atoms with Crippen molar-refractivity contribution in [3.63, 3.8) is 0 Å². The van der Waals surface area contributed by atoms with E-state index < -0.39 is 69.8 Å². The normalized spacial score (nSPS) is 25.9. The van der Waals surface area contributed by atoms with Crippen LogP contribution in [-0.2, 0) is 25.5 Å². The number of nitrogens with two attached hydrogens (primary N) is 1. The molecule has 4 atom stereocenters. The van der Waals surface area contributed by atoms with Gasteiger partial charge in [0.05, 0.1) is 24.3 Å². The molecule has 0 unspecified atom stereocenters. The summed E-state index contributed by atoms with van der Waals surface area (Å²) in [5.41, 5.74) is 2.18. The first-order valence-corrected chi connectivity index (χ1v) is 12.0. The van der Waals surface area contributed by atoms with Gasteiger partial charge in [0.15, 0.2) is 11.4 Å². The summed E-state index contributed by atoms with van der Waals surface area (Å²) in [4.78, 5) is 54.1. The highest BCUT2D eigenvalue weighted by Crippen LogP contribution is 2.53. The molecule has 0 heterocycles. The van der Waals surface area contributed by atoms with Crippen molar-refractivity contribution in [1.29, 1.82) is 0 Å². The molecule has 1 aromatic rings. The van der Waals surface area contributed by atoms with Crippen molar-refractivity contribution >= 4 is 29.1 Å². The van der Waals surface area contributed by atoms with Crippen LogP contribution in [0.4, 0.5) is 5.69 Å². The second-order valence-corrected chi connectivity index (χ2v) is 10.2. The number of carbonyl (C=O) groups excluding carboxylic acids is 4. The Morgan fingerprint density at radius 1 is 1.15 bits per heavy atom. The highest BCUT2D eigenvalue weighted by Gasteiger charge is 2.63. The minimum atomic E-state index is -2.73. The van der Waals surface area contributed by atoms with Crippen LogP contribution in [0.2, 0.25) is 0 Å². The van der Waals surface area contributed by atoms with Crippen LogP contribution in [0.15, 0.2) is 28.7 Å². The number of likely N-dealkylation sites (N-methyl/N-ethyl adjacent to an activating group) is 1. The third kappa shape index (κ3) is 3.93. The molecule has 4 rings (SSSR count). The Hall–Kier alpha value is -4.34. The van der Waals surface area contributed by atoms with Gasteiger partial charge in [-0.05, 0) is 44.5 Å². The monoisotopic (exact) mass is 539 g/mol. The Bertz CT molecular complexity index is 1460. The summed E-state index contributed by atoms with van der Waals surface area (Å²) in [6.45, 7) is 0. The number of allylic oxidation sites excluding steroid dienone is 1. The number of carbonyl (C=O) groups is 4. The van der Waals surface area contributed by atoms with Gasteiger partial charge in [0.25, 0.3) is 5.91 Å². The number of aromatic hydroxyl groups is 1. The zero-order chi connectivity index (χ0) is 29.1. The van der Waals surface area contributed by atoms with Crippen LogP contribution in [-0.4, -0.2) is 95.7 Å². The van der Waals surface area contributed by atoms with Gasteiger partial charge in [0.1, 0.15) is 22.8 Å². The molecule has 6 N–H and O–H groups in total. The summed E-state index contributed by atoms with van der Waals surface area (Å²) in [5, 5.41) is 45.0. The van der Waals surface area contributed by atoms with Crippen molar-refractivity contribution in [1.82, 2.24) is 4.90 Å². The summed E-state index contributed by atoms with van der Waals surface area (Å²) in [7, 11) is 7.69. The molecule has 0 aromatic heterocycles. The van der Waals surface area contributed by atoms with Crippen molar-refractivity contribution in [3.05, 3.63) is 45.4 Å². The largest absolute Gasteiger partial charge is 0.510 e. The Morgan fingerprint density at radius 3 is 2.33 bits per heavy atom. The lowest BCUT2D eigenvalue weighted by Crippen LogP contribution is -2.63. The van der Waals surface area contributed by atoms with Gasteiger partial charge in [-0.2, -0.15) is 0 Å². The predicted octanol–water partition coefficient (Wildman–Crippen LogP) is -0.289. The summed E-state index contributed by atoms with van der Waals surface area (Å²) in [6.07, 6.45) is 0.101. The van der Waals surface area contributed by atoms with E-state index >= 15 is 0 Å². The molecule has 206 valence electrons. The maximum atomic E-state index is 13.9. The van der Waals surface area contributed by atoms with Crippen molar-refractivity contribution < 1.29 is 44.3 Å². The zero-order valence-corrected chi connectivity index (χ0v) is 22.0. The third-order valence-electron chi connectivity index (χ3n) is 7.67. The predicted molar refractivity (Wildman–Crippen MR) is 137 cm³/mol. The highest BCUT2D eigenvalue weighted by atomic mass is 16.5. The molecule has 0 fully saturated rings. The molecule has 3 aliphatic carbocycles. The Kier molecular flexibility index (Phi) is 6.70. The summed E-state index contributed by atoms with van der Waals surface area (Å²) in [6, 6.07) is 0.444. The number of hydrogen-bond donors (Lipinski definition) is 5. The number of benzene rings is 1. The highest BCUT2D eigenvalue weighted by molar-refractivity contribution is 6.25. The molecule has 0 saturated carbocycles. The number of Topliss-reactive ketones (excluding diaryl/α,β-unsaturated/α-hetero) is 2. The van der Waals surface area contributed by atoms with Crippen LogP contribution < -0.4 is 10.6 Å². The number of hydrogen-bond acceptors (Lipinski definition) is 11. The van der Waals surface area contributed by atoms with E-state index in [2.05, 4.69) is 16.6 Å². The van der Waals surface area contributed by atoms with Gasteiger partial charge in [-0.1, -0.05) is 5.92 Å². The van der Waals surface area contributed by atoms with E-state index in [1.165, 1.54) is 11.0 Å². The van der Waals surface area contributed by atoms with E-state index in [1.807, 2.05) is 0 Å². The zero-order valence-electron chi connectivity index (χ0n) is 22.0. The summed E-state index contributed by atoms with van der Waals surface area (Å²) in [5.74, 6) is -3.58. The number of phenols is 1. The first-order valence-electron chi connectivity index (χ1n) is 12.0. The van der Waals surface area contributed by atoms with Gasteiger partial charge >= 0.3 is 5.97 Å². The molecule has 0 radical (unpaired) electrons. The van der Waals surface area contributed by atoms with Crippen LogP contribution in [0.1, 0.15) is 27.9 Å². The molecule has 3 aliphatic rings. The number of anilines is 1. The average molecular weight is 540 g/mol. The number of fused-ring (bicyclic) bond motifs is 3. The van der Waals surface area contributed by atoms with E-state index in [4.69, 9.17) is 5.73 Å². The number of esters is 1. The summed E-state index contributed by atoms with van der Waals surface area (Å²) < 4.78 is 4.51. The van der Waals surface area contributed by atoms with Crippen LogP contribution in [0.25, 0.3) is 0 Å². The first-order chi connectivity index (χ1) is 18.2. The number of nitrogens with zero attached hydrogens (tertiary/aromatic N) is 2. The number of ether oxygens (including phenoxy) is 1. The topological polar surface area (TPSA) is 191 Å². The number of aliphatic hydroxyl groups is 3. The fraction of sp³-hybridized carbons (Fsp3) is 0.407. The second-order valence-electron chi connectivity index (χ2n) is 10.2. The third-order valence-corrected chi connectivity index (χ3v) is 7.67. The average Bonchev–Trinajstić information content (AvgIpc) is 2.84. The van der Waals surface area contributed by atoms with Gasteiger partial charge in [0, 0.05) is 37.2 Å².